The Kier molecular flexibility index (Phi) is 5.05. The molecule has 33 heavy (non-hydrogen) atoms. The number of alkyl halides is 3. The second kappa shape index (κ2) is 7.81. The first-order chi connectivity index (χ1) is 15.8. The summed E-state index contributed by atoms with van der Waals surface area (Å²) in [6.07, 6.45) is -3.41. The van der Waals surface area contributed by atoms with E-state index in [1.807, 2.05) is 0 Å². The number of aliphatic hydroxyl groups is 1. The van der Waals surface area contributed by atoms with Gasteiger partial charge in [-0.15, -0.1) is 0 Å². The largest absolute Gasteiger partial charge is 0.454 e. The summed E-state index contributed by atoms with van der Waals surface area (Å²) < 4.78 is 51.5. The first-order valence-corrected chi connectivity index (χ1v) is 10.4. The van der Waals surface area contributed by atoms with Crippen LogP contribution in [-0.4, -0.2) is 17.8 Å². The van der Waals surface area contributed by atoms with Crippen LogP contribution < -0.4 is 14.8 Å². The SMILES string of the molecule is O=C(Nc1cc(-c2cccc(CO)c2)cc(C(F)(F)F)c1)C1(c2ccc3c(c2)OCO3)CC1.[HH].[HH]. The Morgan fingerprint density at radius 3 is 2.52 bits per heavy atom. The van der Waals surface area contributed by atoms with Crippen molar-refractivity contribution < 1.29 is 35.4 Å². The molecule has 1 amide bonds. The molecule has 1 heterocycles. The fraction of sp³-hybridized carbons (Fsp3) is 0.240. The normalized spacial score (nSPS) is 15.9. The molecular weight excluding hydrogens is 435 g/mol. The molecule has 0 unspecified atom stereocenters. The average Bonchev–Trinajstić information content (AvgIpc) is 3.49. The van der Waals surface area contributed by atoms with E-state index in [0.717, 1.165) is 17.7 Å². The predicted octanol–water partition coefficient (Wildman–Crippen LogP) is 5.76. The number of carbonyl (C=O) groups is 1. The molecule has 0 radical (unpaired) electrons. The number of aliphatic hydroxyl groups excluding tert-OH is 1. The lowest BCUT2D eigenvalue weighted by atomic mass is 9.94. The van der Waals surface area contributed by atoms with Crippen LogP contribution in [0.2, 0.25) is 0 Å². The zero-order chi connectivity index (χ0) is 23.2. The fourth-order valence-corrected chi connectivity index (χ4v) is 4.10. The third-order valence-electron chi connectivity index (χ3n) is 6.07. The highest BCUT2D eigenvalue weighted by Crippen LogP contribution is 2.51. The molecule has 1 aliphatic heterocycles. The van der Waals surface area contributed by atoms with Crippen molar-refractivity contribution in [2.75, 3.05) is 12.1 Å². The molecule has 5 nitrogen and oxygen atoms in total. The van der Waals surface area contributed by atoms with Gasteiger partial charge in [0.15, 0.2) is 11.5 Å². The number of fused-ring (bicyclic) bond motifs is 1. The van der Waals surface area contributed by atoms with Crippen molar-refractivity contribution in [3.05, 3.63) is 77.4 Å². The van der Waals surface area contributed by atoms with Gasteiger partial charge < -0.3 is 19.9 Å². The molecule has 3 aromatic rings. The molecule has 0 spiro atoms. The molecule has 2 aliphatic rings. The minimum atomic E-state index is -4.58. The van der Waals surface area contributed by atoms with E-state index in [9.17, 15) is 23.1 Å². The number of ether oxygens (including phenoxy) is 2. The summed E-state index contributed by atoms with van der Waals surface area (Å²) in [5.74, 6) is 0.787. The first kappa shape index (κ1) is 21.3. The molecule has 0 bridgehead atoms. The van der Waals surface area contributed by atoms with Gasteiger partial charge in [-0.2, -0.15) is 13.2 Å². The lowest BCUT2D eigenvalue weighted by Crippen LogP contribution is -2.28. The predicted molar refractivity (Wildman–Crippen MR) is 119 cm³/mol. The number of benzene rings is 3. The topological polar surface area (TPSA) is 67.8 Å². The van der Waals surface area contributed by atoms with E-state index in [1.165, 1.54) is 6.07 Å². The second-order valence-corrected chi connectivity index (χ2v) is 8.26. The molecule has 1 fully saturated rings. The van der Waals surface area contributed by atoms with Gasteiger partial charge in [0.25, 0.3) is 0 Å². The van der Waals surface area contributed by atoms with Crippen LogP contribution >= 0.6 is 0 Å². The summed E-state index contributed by atoms with van der Waals surface area (Å²) in [4.78, 5) is 13.2. The summed E-state index contributed by atoms with van der Waals surface area (Å²) in [6, 6.07) is 15.4. The quantitative estimate of drug-likeness (QED) is 0.509. The Hall–Kier alpha value is -3.52. The van der Waals surface area contributed by atoms with Crippen LogP contribution in [-0.2, 0) is 23.0 Å². The van der Waals surface area contributed by atoms with E-state index in [-0.39, 0.29) is 27.8 Å². The maximum atomic E-state index is 13.6. The summed E-state index contributed by atoms with van der Waals surface area (Å²) in [5, 5.41) is 12.1. The van der Waals surface area contributed by atoms with Gasteiger partial charge >= 0.3 is 6.18 Å². The van der Waals surface area contributed by atoms with Gasteiger partial charge in [-0.05, 0) is 71.5 Å². The van der Waals surface area contributed by atoms with E-state index in [4.69, 9.17) is 9.47 Å². The smallest absolute Gasteiger partial charge is 0.416 e. The molecule has 1 saturated carbocycles. The monoisotopic (exact) mass is 459 g/mol. The van der Waals surface area contributed by atoms with Crippen molar-refractivity contribution in [1.29, 1.82) is 0 Å². The number of halogens is 3. The Morgan fingerprint density at radius 1 is 1.00 bits per heavy atom. The van der Waals surface area contributed by atoms with Crippen LogP contribution in [0.3, 0.4) is 0 Å². The maximum absolute atomic E-state index is 13.6. The van der Waals surface area contributed by atoms with E-state index >= 15 is 0 Å². The number of hydrogen-bond donors (Lipinski definition) is 2. The van der Waals surface area contributed by atoms with Crippen LogP contribution in [0, 0.1) is 0 Å². The number of amides is 1. The van der Waals surface area contributed by atoms with Crippen LogP contribution in [0.1, 0.15) is 32.4 Å². The average molecular weight is 459 g/mol. The van der Waals surface area contributed by atoms with Crippen molar-refractivity contribution >= 4 is 11.6 Å². The number of anilines is 1. The molecule has 1 aliphatic carbocycles. The van der Waals surface area contributed by atoms with Crippen LogP contribution in [0.15, 0.2) is 60.7 Å². The highest BCUT2D eigenvalue weighted by molar-refractivity contribution is 6.02. The number of rotatable bonds is 5. The molecule has 8 heteroatoms. The highest BCUT2D eigenvalue weighted by atomic mass is 19.4. The van der Waals surface area contributed by atoms with Crippen LogP contribution in [0.25, 0.3) is 11.1 Å². The second-order valence-electron chi connectivity index (χ2n) is 8.26. The number of nitrogens with one attached hydrogen (secondary N) is 1. The van der Waals surface area contributed by atoms with Gasteiger partial charge in [0.05, 0.1) is 17.6 Å². The van der Waals surface area contributed by atoms with Crippen LogP contribution in [0.5, 0.6) is 11.5 Å². The lowest BCUT2D eigenvalue weighted by molar-refractivity contribution is -0.137. The Labute approximate surface area is 190 Å². The van der Waals surface area contributed by atoms with E-state index in [2.05, 4.69) is 5.32 Å². The lowest BCUT2D eigenvalue weighted by Gasteiger charge is -2.18. The fourth-order valence-electron chi connectivity index (χ4n) is 4.10. The molecule has 0 saturated heterocycles. The van der Waals surface area contributed by atoms with Crippen molar-refractivity contribution in [2.24, 2.45) is 0 Å². The summed E-state index contributed by atoms with van der Waals surface area (Å²) >= 11 is 0. The van der Waals surface area contributed by atoms with Gasteiger partial charge in [0, 0.05) is 8.54 Å². The van der Waals surface area contributed by atoms with Gasteiger partial charge in [0.1, 0.15) is 0 Å². The molecule has 0 atom stereocenters. The van der Waals surface area contributed by atoms with Gasteiger partial charge in [-0.1, -0.05) is 24.3 Å². The van der Waals surface area contributed by atoms with E-state index in [0.29, 0.717) is 41.0 Å². The van der Waals surface area contributed by atoms with Crippen molar-refractivity contribution in [2.45, 2.75) is 31.0 Å². The molecule has 174 valence electrons. The minimum Gasteiger partial charge on any atom is -0.454 e. The van der Waals surface area contributed by atoms with E-state index < -0.39 is 17.2 Å². The highest BCUT2D eigenvalue weighted by Gasteiger charge is 2.51. The molecular formula is C25H24F3NO4. The van der Waals surface area contributed by atoms with E-state index in [1.54, 1.807) is 42.5 Å². The molecule has 0 aromatic heterocycles. The maximum Gasteiger partial charge on any atom is 0.416 e. The zero-order valence-electron chi connectivity index (χ0n) is 17.4. The van der Waals surface area contributed by atoms with Crippen molar-refractivity contribution in [1.82, 2.24) is 0 Å². The summed E-state index contributed by atoms with van der Waals surface area (Å²) in [6.45, 7) is -0.114. The van der Waals surface area contributed by atoms with Gasteiger partial charge in [0.2, 0.25) is 12.7 Å². The Balaban J connectivity index is 0.00000171. The zero-order valence-corrected chi connectivity index (χ0v) is 17.4. The molecule has 3 aromatic carbocycles. The third-order valence-corrected chi connectivity index (χ3v) is 6.07. The van der Waals surface area contributed by atoms with Crippen molar-refractivity contribution in [3.8, 4) is 22.6 Å². The molecule has 2 N–H and O–H groups in total. The number of hydrogen-bond acceptors (Lipinski definition) is 4. The van der Waals surface area contributed by atoms with Crippen LogP contribution in [0.4, 0.5) is 18.9 Å². The van der Waals surface area contributed by atoms with Crippen molar-refractivity contribution in [3.63, 3.8) is 0 Å². The number of carbonyl (C=O) groups excluding carboxylic acids is 1. The van der Waals surface area contributed by atoms with Gasteiger partial charge in [-0.3, -0.25) is 4.79 Å². The Bertz CT molecular complexity index is 1250. The Morgan fingerprint density at radius 2 is 1.79 bits per heavy atom. The standard InChI is InChI=1S/C25H20F3NO4.2H2/c26-25(27,28)19-9-17(16-3-1-2-15(8-16)13-30)10-20(11-19)29-23(31)24(6-7-24)18-4-5-21-22(12-18)33-14-32-21;;/h1-5,8-12,30H,6-7,13-14H2,(H,29,31);2*1H. The third kappa shape index (κ3) is 4.02. The minimum absolute atomic E-state index is 0. The first-order valence-electron chi connectivity index (χ1n) is 10.4. The molecule has 5 rings (SSSR count). The summed E-state index contributed by atoms with van der Waals surface area (Å²) in [7, 11) is 0. The van der Waals surface area contributed by atoms with Gasteiger partial charge in [-0.25, -0.2) is 0 Å². The summed E-state index contributed by atoms with van der Waals surface area (Å²) in [5.41, 5.74) is 0.515.